The van der Waals surface area contributed by atoms with Crippen molar-refractivity contribution in [1.82, 2.24) is 20.1 Å². The van der Waals surface area contributed by atoms with Crippen LogP contribution in [0.1, 0.15) is 16.9 Å². The Hall–Kier alpha value is -2.98. The lowest BCUT2D eigenvalue weighted by molar-refractivity contribution is -0.122. The first kappa shape index (κ1) is 23.7. The minimum atomic E-state index is -0.104. The Morgan fingerprint density at radius 3 is 2.34 bits per heavy atom. The third-order valence-corrected chi connectivity index (χ3v) is 5.54. The number of aromatic amines is 1. The maximum absolute atomic E-state index is 13.1. The zero-order chi connectivity index (χ0) is 23.1. The van der Waals surface area contributed by atoms with Crippen molar-refractivity contribution >= 4 is 22.7 Å². The molecule has 3 rings (SSSR count). The van der Waals surface area contributed by atoms with Crippen LogP contribution in [0.3, 0.4) is 0 Å². The van der Waals surface area contributed by atoms with E-state index in [2.05, 4.69) is 15.2 Å². The summed E-state index contributed by atoms with van der Waals surface area (Å²) in [4.78, 5) is 32.2. The quantitative estimate of drug-likeness (QED) is 0.525. The highest BCUT2D eigenvalue weighted by Crippen LogP contribution is 2.41. The summed E-state index contributed by atoms with van der Waals surface area (Å²) in [6.07, 6.45) is 0.788. The van der Waals surface area contributed by atoms with Gasteiger partial charge in [0.1, 0.15) is 11.4 Å². The molecule has 0 bridgehead atoms. The number of nitrogens with zero attached hydrogens (tertiary/aromatic N) is 2. The first-order valence-electron chi connectivity index (χ1n) is 10.6. The molecule has 0 unspecified atom stereocenters. The van der Waals surface area contributed by atoms with Gasteiger partial charge in [0, 0.05) is 57.9 Å². The van der Waals surface area contributed by atoms with Crippen LogP contribution >= 0.6 is 0 Å². The Morgan fingerprint density at radius 1 is 1.00 bits per heavy atom. The molecule has 1 fully saturated rings. The van der Waals surface area contributed by atoms with Crippen molar-refractivity contribution in [1.29, 1.82) is 0 Å². The van der Waals surface area contributed by atoms with Crippen LogP contribution in [0.15, 0.2) is 12.1 Å². The van der Waals surface area contributed by atoms with E-state index in [1.807, 2.05) is 0 Å². The van der Waals surface area contributed by atoms with Gasteiger partial charge in [0.25, 0.3) is 5.91 Å². The predicted molar refractivity (Wildman–Crippen MR) is 120 cm³/mol. The Bertz CT molecular complexity index is 936. The number of aromatic nitrogens is 1. The van der Waals surface area contributed by atoms with E-state index in [9.17, 15) is 9.59 Å². The van der Waals surface area contributed by atoms with Gasteiger partial charge in [-0.1, -0.05) is 0 Å². The van der Waals surface area contributed by atoms with E-state index in [4.69, 9.17) is 18.9 Å². The number of methoxy groups -OCH3 is 4. The number of nitrogens with one attached hydrogen (secondary N) is 2. The molecule has 176 valence electrons. The molecule has 32 heavy (non-hydrogen) atoms. The second kappa shape index (κ2) is 11.1. The van der Waals surface area contributed by atoms with Crippen LogP contribution in [-0.4, -0.2) is 101 Å². The van der Waals surface area contributed by atoms with Crippen molar-refractivity contribution < 1.29 is 28.5 Å². The van der Waals surface area contributed by atoms with Crippen LogP contribution in [0.4, 0.5) is 0 Å². The average molecular weight is 449 g/mol. The fourth-order valence-electron chi connectivity index (χ4n) is 3.83. The molecule has 10 nitrogen and oxygen atoms in total. The number of carbonyl (C=O) groups is 2. The summed E-state index contributed by atoms with van der Waals surface area (Å²) in [5.41, 5.74) is 1.10. The molecule has 1 aromatic heterocycles. The first-order valence-corrected chi connectivity index (χ1v) is 10.6. The number of carbonyl (C=O) groups excluding carboxylic acids is 2. The summed E-state index contributed by atoms with van der Waals surface area (Å²) < 4.78 is 21.3. The van der Waals surface area contributed by atoms with Crippen molar-refractivity contribution in [2.24, 2.45) is 0 Å². The summed E-state index contributed by atoms with van der Waals surface area (Å²) in [5, 5.41) is 3.64. The Kier molecular flexibility index (Phi) is 8.18. The molecule has 1 aromatic carbocycles. The highest BCUT2D eigenvalue weighted by molar-refractivity contribution is 6.02. The van der Waals surface area contributed by atoms with Gasteiger partial charge in [0.05, 0.1) is 33.4 Å². The number of hydrogen-bond acceptors (Lipinski definition) is 7. The van der Waals surface area contributed by atoms with Crippen LogP contribution < -0.4 is 19.5 Å². The maximum atomic E-state index is 13.1. The number of piperazine rings is 1. The van der Waals surface area contributed by atoms with Gasteiger partial charge in [0.15, 0.2) is 11.5 Å². The molecule has 2 N–H and O–H groups in total. The van der Waals surface area contributed by atoms with Crippen LogP contribution in [-0.2, 0) is 9.53 Å². The van der Waals surface area contributed by atoms with E-state index in [0.29, 0.717) is 74.3 Å². The van der Waals surface area contributed by atoms with Crippen molar-refractivity contribution in [3.05, 3.63) is 17.8 Å². The molecule has 2 heterocycles. The fourth-order valence-corrected chi connectivity index (χ4v) is 3.83. The highest BCUT2D eigenvalue weighted by Gasteiger charge is 2.26. The Labute approximate surface area is 187 Å². The normalized spacial score (nSPS) is 14.4. The SMILES string of the molecule is COCCCNC(=O)CN1CCN(C(=O)c2cc3c(OC)cc(OC)c(OC)c3[nH]2)CC1. The lowest BCUT2D eigenvalue weighted by Gasteiger charge is -2.34. The van der Waals surface area contributed by atoms with Gasteiger partial charge in [-0.2, -0.15) is 0 Å². The molecule has 0 spiro atoms. The lowest BCUT2D eigenvalue weighted by Crippen LogP contribution is -2.51. The molecule has 0 aliphatic carbocycles. The van der Waals surface area contributed by atoms with Crippen LogP contribution in [0.25, 0.3) is 10.9 Å². The van der Waals surface area contributed by atoms with Gasteiger partial charge >= 0.3 is 0 Å². The predicted octanol–water partition coefficient (Wildman–Crippen LogP) is 1.10. The number of benzene rings is 1. The number of hydrogen-bond donors (Lipinski definition) is 2. The van der Waals surface area contributed by atoms with Crippen molar-refractivity contribution in [3.8, 4) is 17.2 Å². The van der Waals surface area contributed by atoms with E-state index in [0.717, 1.165) is 11.8 Å². The maximum Gasteiger partial charge on any atom is 0.270 e. The summed E-state index contributed by atoms with van der Waals surface area (Å²) in [6, 6.07) is 3.51. The Balaban J connectivity index is 1.63. The van der Waals surface area contributed by atoms with Gasteiger partial charge in [-0.3, -0.25) is 14.5 Å². The van der Waals surface area contributed by atoms with E-state index in [1.165, 1.54) is 0 Å². The fraction of sp³-hybridized carbons (Fsp3) is 0.545. The summed E-state index contributed by atoms with van der Waals surface area (Å²) >= 11 is 0. The molecule has 1 aliphatic heterocycles. The van der Waals surface area contributed by atoms with Crippen molar-refractivity contribution in [2.75, 3.05) is 74.3 Å². The zero-order valence-electron chi connectivity index (χ0n) is 19.2. The summed E-state index contributed by atoms with van der Waals surface area (Å²) in [6.45, 7) is 3.92. The van der Waals surface area contributed by atoms with Gasteiger partial charge in [-0.05, 0) is 12.5 Å². The largest absolute Gasteiger partial charge is 0.496 e. The van der Waals surface area contributed by atoms with E-state index < -0.39 is 0 Å². The second-order valence-corrected chi connectivity index (χ2v) is 7.55. The second-order valence-electron chi connectivity index (χ2n) is 7.55. The van der Waals surface area contributed by atoms with Crippen molar-refractivity contribution in [3.63, 3.8) is 0 Å². The van der Waals surface area contributed by atoms with Crippen LogP contribution in [0, 0.1) is 0 Å². The molecule has 1 saturated heterocycles. The summed E-state index contributed by atoms with van der Waals surface area (Å²) in [5.74, 6) is 1.52. The molecule has 2 aromatic rings. The van der Waals surface area contributed by atoms with Crippen LogP contribution in [0.2, 0.25) is 0 Å². The van der Waals surface area contributed by atoms with Gasteiger partial charge in [-0.15, -0.1) is 0 Å². The summed E-state index contributed by atoms with van der Waals surface area (Å²) in [7, 11) is 6.32. The van der Waals surface area contributed by atoms with Crippen LogP contribution in [0.5, 0.6) is 17.2 Å². The standard InChI is InChI=1S/C22H32N4O6/c1-29-11-5-6-23-19(27)14-25-7-9-26(10-8-25)22(28)16-12-15-17(30-2)13-18(31-3)21(32-4)20(15)24-16/h12-13,24H,5-11,14H2,1-4H3,(H,23,27). The third-order valence-electron chi connectivity index (χ3n) is 5.54. The first-order chi connectivity index (χ1) is 15.5. The van der Waals surface area contributed by atoms with E-state index in [-0.39, 0.29) is 11.8 Å². The number of amides is 2. The molecule has 0 radical (unpaired) electrons. The molecule has 0 atom stereocenters. The highest BCUT2D eigenvalue weighted by atomic mass is 16.5. The number of ether oxygens (including phenoxy) is 4. The number of H-pyrrole nitrogens is 1. The van der Waals surface area contributed by atoms with Crippen molar-refractivity contribution in [2.45, 2.75) is 6.42 Å². The monoisotopic (exact) mass is 448 g/mol. The molecule has 0 saturated carbocycles. The lowest BCUT2D eigenvalue weighted by atomic mass is 10.2. The van der Waals surface area contributed by atoms with E-state index in [1.54, 1.807) is 45.5 Å². The Morgan fingerprint density at radius 2 is 1.72 bits per heavy atom. The molecular formula is C22H32N4O6. The molecular weight excluding hydrogens is 416 g/mol. The topological polar surface area (TPSA) is 105 Å². The minimum Gasteiger partial charge on any atom is -0.496 e. The number of rotatable bonds is 10. The smallest absolute Gasteiger partial charge is 0.270 e. The van der Waals surface area contributed by atoms with Gasteiger partial charge in [-0.25, -0.2) is 0 Å². The zero-order valence-corrected chi connectivity index (χ0v) is 19.2. The van der Waals surface area contributed by atoms with E-state index >= 15 is 0 Å². The van der Waals surface area contributed by atoms with Gasteiger partial charge < -0.3 is 34.1 Å². The molecule has 1 aliphatic rings. The molecule has 10 heteroatoms. The third kappa shape index (κ3) is 5.25. The minimum absolute atomic E-state index is 0.00960. The number of fused-ring (bicyclic) bond motifs is 1. The molecule has 2 amide bonds. The average Bonchev–Trinajstić information content (AvgIpc) is 3.26. The van der Waals surface area contributed by atoms with Gasteiger partial charge in [0.2, 0.25) is 5.91 Å².